The van der Waals surface area contributed by atoms with Gasteiger partial charge in [0, 0.05) is 26.7 Å². The molecule has 1 aliphatic rings. The molecule has 1 heterocycles. The van der Waals surface area contributed by atoms with E-state index in [2.05, 4.69) is 11.9 Å². The quantitative estimate of drug-likeness (QED) is 0.636. The average Bonchev–Trinajstić information content (AvgIpc) is 2.51. The van der Waals surface area contributed by atoms with Crippen LogP contribution in [0.2, 0.25) is 0 Å². The number of hydrogen-bond acceptors (Lipinski definition) is 3. The first kappa shape index (κ1) is 10.5. The van der Waals surface area contributed by atoms with Gasteiger partial charge in [-0.3, -0.25) is 4.79 Å². The highest BCUT2D eigenvalue weighted by atomic mass is 16.2. The second kappa shape index (κ2) is 4.58. The van der Waals surface area contributed by atoms with Crippen LogP contribution < -0.4 is 5.73 Å². The van der Waals surface area contributed by atoms with Crippen LogP contribution >= 0.6 is 0 Å². The highest BCUT2D eigenvalue weighted by Crippen LogP contribution is 2.16. The highest BCUT2D eigenvalue weighted by molar-refractivity contribution is 5.79. The van der Waals surface area contributed by atoms with Crippen LogP contribution in [0.5, 0.6) is 0 Å². The van der Waals surface area contributed by atoms with Gasteiger partial charge in [0.05, 0.1) is 5.92 Å². The van der Waals surface area contributed by atoms with E-state index in [1.165, 1.54) is 0 Å². The lowest BCUT2D eigenvalue weighted by Gasteiger charge is -2.20. The van der Waals surface area contributed by atoms with E-state index >= 15 is 0 Å². The molecule has 2 N–H and O–H groups in total. The van der Waals surface area contributed by atoms with Gasteiger partial charge in [0.2, 0.25) is 5.91 Å². The summed E-state index contributed by atoms with van der Waals surface area (Å²) >= 11 is 0. The third-order valence-corrected chi connectivity index (χ3v) is 2.58. The molecule has 0 bridgehead atoms. The number of carbonyl (C=O) groups is 1. The zero-order valence-electron chi connectivity index (χ0n) is 8.49. The molecule has 1 unspecified atom stereocenters. The van der Waals surface area contributed by atoms with Gasteiger partial charge in [-0.05, 0) is 20.0 Å². The summed E-state index contributed by atoms with van der Waals surface area (Å²) in [5.41, 5.74) is 5.39. The number of hydrogen-bond donors (Lipinski definition) is 1. The molecule has 1 aliphatic heterocycles. The Bertz CT molecular complexity index is 184. The zero-order valence-corrected chi connectivity index (χ0v) is 8.49. The predicted octanol–water partition coefficient (Wildman–Crippen LogP) is -0.645. The molecule has 0 saturated carbocycles. The number of amides is 1. The fraction of sp³-hybridized carbons (Fsp3) is 0.889. The van der Waals surface area contributed by atoms with Crippen LogP contribution in [-0.4, -0.2) is 56.0 Å². The summed E-state index contributed by atoms with van der Waals surface area (Å²) in [6, 6.07) is 0. The molecule has 1 atom stereocenters. The van der Waals surface area contributed by atoms with Crippen LogP contribution in [0.3, 0.4) is 0 Å². The lowest BCUT2D eigenvalue weighted by atomic mass is 10.1. The van der Waals surface area contributed by atoms with Gasteiger partial charge in [0.25, 0.3) is 0 Å². The van der Waals surface area contributed by atoms with Crippen molar-refractivity contribution in [3.63, 3.8) is 0 Å². The van der Waals surface area contributed by atoms with E-state index in [-0.39, 0.29) is 11.8 Å². The minimum absolute atomic E-state index is 0.196. The van der Waals surface area contributed by atoms with E-state index in [0.29, 0.717) is 13.1 Å². The van der Waals surface area contributed by atoms with Crippen molar-refractivity contribution in [1.82, 2.24) is 9.80 Å². The summed E-state index contributed by atoms with van der Waals surface area (Å²) in [7, 11) is 3.88. The molecule has 1 saturated heterocycles. The summed E-state index contributed by atoms with van der Waals surface area (Å²) in [6.07, 6.45) is 0.990. The molecule has 0 aromatic rings. The van der Waals surface area contributed by atoms with E-state index in [0.717, 1.165) is 19.5 Å². The van der Waals surface area contributed by atoms with Crippen molar-refractivity contribution in [2.45, 2.75) is 6.42 Å². The Morgan fingerprint density at radius 3 is 2.85 bits per heavy atom. The Morgan fingerprint density at radius 1 is 1.69 bits per heavy atom. The summed E-state index contributed by atoms with van der Waals surface area (Å²) in [4.78, 5) is 15.7. The van der Waals surface area contributed by atoms with E-state index in [1.807, 2.05) is 7.05 Å². The molecule has 0 aromatic carbocycles. The maximum absolute atomic E-state index is 11.7. The first-order chi connectivity index (χ1) is 6.15. The van der Waals surface area contributed by atoms with E-state index < -0.39 is 0 Å². The van der Waals surface area contributed by atoms with Gasteiger partial charge in [-0.2, -0.15) is 0 Å². The third kappa shape index (κ3) is 2.67. The first-order valence-corrected chi connectivity index (χ1v) is 4.78. The topological polar surface area (TPSA) is 49.6 Å². The Labute approximate surface area is 79.7 Å². The van der Waals surface area contributed by atoms with Gasteiger partial charge in [-0.1, -0.05) is 0 Å². The fourth-order valence-corrected chi connectivity index (χ4v) is 1.75. The number of likely N-dealkylation sites (N-methyl/N-ethyl adjacent to an activating group) is 1. The summed E-state index contributed by atoms with van der Waals surface area (Å²) in [5.74, 6) is 0.441. The van der Waals surface area contributed by atoms with Gasteiger partial charge in [-0.25, -0.2) is 0 Å². The van der Waals surface area contributed by atoms with Crippen molar-refractivity contribution in [3.05, 3.63) is 0 Å². The van der Waals surface area contributed by atoms with Crippen molar-refractivity contribution >= 4 is 5.91 Å². The molecule has 1 rings (SSSR count). The molecule has 13 heavy (non-hydrogen) atoms. The molecular formula is C9H19N3O. The molecule has 1 amide bonds. The smallest absolute Gasteiger partial charge is 0.226 e. The monoisotopic (exact) mass is 185 g/mol. The van der Waals surface area contributed by atoms with Crippen LogP contribution in [-0.2, 0) is 4.79 Å². The molecule has 0 radical (unpaired) electrons. The number of rotatable bonds is 3. The van der Waals surface area contributed by atoms with Crippen molar-refractivity contribution in [2.24, 2.45) is 11.7 Å². The number of carbonyl (C=O) groups excluding carboxylic acids is 1. The van der Waals surface area contributed by atoms with Crippen molar-refractivity contribution in [3.8, 4) is 0 Å². The lowest BCUT2D eigenvalue weighted by Crippen LogP contribution is -2.37. The minimum Gasteiger partial charge on any atom is -0.344 e. The first-order valence-electron chi connectivity index (χ1n) is 4.78. The Hall–Kier alpha value is -0.610. The van der Waals surface area contributed by atoms with Crippen LogP contribution in [0.15, 0.2) is 0 Å². The molecule has 1 fully saturated rings. The molecule has 76 valence electrons. The second-order valence-corrected chi connectivity index (χ2v) is 3.80. The maximum atomic E-state index is 11.7. The normalized spacial score (nSPS) is 23.5. The largest absolute Gasteiger partial charge is 0.344 e. The van der Waals surface area contributed by atoms with Crippen molar-refractivity contribution in [1.29, 1.82) is 0 Å². The van der Waals surface area contributed by atoms with Crippen LogP contribution in [0, 0.1) is 5.92 Å². The molecule has 0 aromatic heterocycles. The fourth-order valence-electron chi connectivity index (χ4n) is 1.75. The average molecular weight is 185 g/mol. The zero-order chi connectivity index (χ0) is 9.84. The molecule has 4 nitrogen and oxygen atoms in total. The summed E-state index contributed by atoms with van der Waals surface area (Å²) in [6.45, 7) is 3.14. The maximum Gasteiger partial charge on any atom is 0.226 e. The number of nitrogens with two attached hydrogens (primary N) is 1. The Morgan fingerprint density at radius 2 is 2.38 bits per heavy atom. The molecule has 0 aliphatic carbocycles. The number of likely N-dealkylation sites (tertiary alicyclic amines) is 1. The third-order valence-electron chi connectivity index (χ3n) is 2.58. The van der Waals surface area contributed by atoms with Crippen molar-refractivity contribution in [2.75, 3.05) is 40.3 Å². The van der Waals surface area contributed by atoms with Crippen LogP contribution in [0.25, 0.3) is 0 Å². The van der Waals surface area contributed by atoms with Gasteiger partial charge in [0.1, 0.15) is 0 Å². The lowest BCUT2D eigenvalue weighted by molar-refractivity contribution is -0.133. The van der Waals surface area contributed by atoms with Crippen molar-refractivity contribution < 1.29 is 4.79 Å². The minimum atomic E-state index is 0.196. The van der Waals surface area contributed by atoms with Crippen LogP contribution in [0.4, 0.5) is 0 Å². The second-order valence-electron chi connectivity index (χ2n) is 3.80. The molecule has 4 heteroatoms. The van der Waals surface area contributed by atoms with Gasteiger partial charge in [0.15, 0.2) is 0 Å². The van der Waals surface area contributed by atoms with E-state index in [1.54, 1.807) is 4.90 Å². The van der Waals surface area contributed by atoms with Gasteiger partial charge in [-0.15, -0.1) is 0 Å². The number of nitrogens with zero attached hydrogens (tertiary/aromatic N) is 2. The van der Waals surface area contributed by atoms with Gasteiger partial charge < -0.3 is 15.5 Å². The SMILES string of the molecule is CN1CCC(C(=O)N(C)CCN)C1. The predicted molar refractivity (Wildman–Crippen MR) is 52.3 cm³/mol. The highest BCUT2D eigenvalue weighted by Gasteiger charge is 2.27. The molecule has 0 spiro atoms. The van der Waals surface area contributed by atoms with E-state index in [4.69, 9.17) is 5.73 Å². The summed E-state index contributed by atoms with van der Waals surface area (Å²) in [5, 5.41) is 0. The standard InChI is InChI=1S/C9H19N3O/c1-11-5-3-8(7-11)9(13)12(2)6-4-10/h8H,3-7,10H2,1-2H3. The Balaban J connectivity index is 2.38. The Kier molecular flexibility index (Phi) is 3.69. The van der Waals surface area contributed by atoms with Gasteiger partial charge >= 0.3 is 0 Å². The summed E-state index contributed by atoms with van der Waals surface area (Å²) < 4.78 is 0. The molecular weight excluding hydrogens is 166 g/mol. The van der Waals surface area contributed by atoms with Crippen LogP contribution in [0.1, 0.15) is 6.42 Å². The van der Waals surface area contributed by atoms with E-state index in [9.17, 15) is 4.79 Å².